The molecule has 0 aromatic heterocycles. The zero-order valence-corrected chi connectivity index (χ0v) is 18.3. The maximum absolute atomic E-state index is 12.4. The molecule has 29 heavy (non-hydrogen) atoms. The molecule has 1 fully saturated rings. The monoisotopic (exact) mass is 417 g/mol. The van der Waals surface area contributed by atoms with Crippen molar-refractivity contribution in [2.75, 3.05) is 26.7 Å². The number of nitrogens with zero attached hydrogens (tertiary/aromatic N) is 1. The van der Waals surface area contributed by atoms with Crippen LogP contribution in [-0.2, 0) is 21.4 Å². The minimum Gasteiger partial charge on any atom is -0.508 e. The molecule has 0 bridgehead atoms. The van der Waals surface area contributed by atoms with Crippen molar-refractivity contribution in [2.24, 2.45) is 11.8 Å². The zero-order chi connectivity index (χ0) is 20.1. The average molecular weight is 418 g/mol. The minimum absolute atomic E-state index is 0. The normalized spacial score (nSPS) is 23.1. The number of ether oxygens (including phenoxy) is 1. The largest absolute Gasteiger partial charge is 0.508 e. The van der Waals surface area contributed by atoms with Crippen LogP contribution in [-0.4, -0.2) is 42.7 Å². The molecule has 0 radical (unpaired) electrons. The molecule has 0 amide bonds. The van der Waals surface area contributed by atoms with Crippen molar-refractivity contribution in [3.05, 3.63) is 65.7 Å². The second kappa shape index (κ2) is 10.1. The summed E-state index contributed by atoms with van der Waals surface area (Å²) in [6.45, 7) is 7.11. The van der Waals surface area contributed by atoms with Gasteiger partial charge in [0, 0.05) is 13.1 Å². The fraction of sp³-hybridized carbons (Fsp3) is 0.458. The lowest BCUT2D eigenvalue weighted by atomic mass is 9.68. The van der Waals surface area contributed by atoms with Crippen LogP contribution in [0.2, 0.25) is 0 Å². The minimum atomic E-state index is -0.162. The lowest BCUT2D eigenvalue weighted by Crippen LogP contribution is -2.49. The number of phenols is 1. The Morgan fingerprint density at radius 3 is 2.59 bits per heavy atom. The topological polar surface area (TPSA) is 49.8 Å². The Kier molecular flexibility index (Phi) is 8.12. The van der Waals surface area contributed by atoms with Crippen LogP contribution in [0.1, 0.15) is 31.4 Å². The van der Waals surface area contributed by atoms with Gasteiger partial charge in [0.25, 0.3) is 0 Å². The molecule has 3 unspecified atom stereocenters. The predicted molar refractivity (Wildman–Crippen MR) is 119 cm³/mol. The van der Waals surface area contributed by atoms with E-state index in [1.54, 1.807) is 6.07 Å². The van der Waals surface area contributed by atoms with Gasteiger partial charge in [-0.3, -0.25) is 4.79 Å². The lowest BCUT2D eigenvalue weighted by Gasteiger charge is -2.45. The van der Waals surface area contributed by atoms with Gasteiger partial charge < -0.3 is 14.7 Å². The van der Waals surface area contributed by atoms with E-state index >= 15 is 0 Å². The third-order valence-corrected chi connectivity index (χ3v) is 6.41. The third-order valence-electron chi connectivity index (χ3n) is 6.41. The maximum atomic E-state index is 12.4. The number of esters is 1. The summed E-state index contributed by atoms with van der Waals surface area (Å²) in [4.78, 5) is 14.8. The molecule has 0 aliphatic carbocycles. The first kappa shape index (κ1) is 23.2. The van der Waals surface area contributed by atoms with E-state index in [2.05, 4.69) is 36.9 Å². The number of piperidine rings is 1. The molecular weight excluding hydrogens is 386 g/mol. The summed E-state index contributed by atoms with van der Waals surface area (Å²) < 4.78 is 5.08. The summed E-state index contributed by atoms with van der Waals surface area (Å²) in [6.07, 6.45) is 1.69. The van der Waals surface area contributed by atoms with E-state index in [4.69, 9.17) is 4.74 Å². The molecule has 5 heteroatoms. The van der Waals surface area contributed by atoms with Crippen LogP contribution in [0.3, 0.4) is 0 Å². The van der Waals surface area contributed by atoms with E-state index in [0.29, 0.717) is 24.6 Å². The van der Waals surface area contributed by atoms with Crippen LogP contribution in [0.4, 0.5) is 0 Å². The van der Waals surface area contributed by atoms with Crippen molar-refractivity contribution in [1.82, 2.24) is 4.90 Å². The highest BCUT2D eigenvalue weighted by molar-refractivity contribution is 5.85. The fourth-order valence-corrected chi connectivity index (χ4v) is 4.37. The van der Waals surface area contributed by atoms with Crippen molar-refractivity contribution in [2.45, 2.75) is 32.1 Å². The van der Waals surface area contributed by atoms with Gasteiger partial charge in [-0.25, -0.2) is 0 Å². The number of carbonyl (C=O) groups excluding carboxylic acids is 1. The molecule has 3 rings (SSSR count). The number of methoxy groups -OCH3 is 1. The van der Waals surface area contributed by atoms with E-state index in [0.717, 1.165) is 25.1 Å². The van der Waals surface area contributed by atoms with E-state index in [9.17, 15) is 9.90 Å². The SMILES string of the molecule is COC(=O)C(Cc1ccccc1)CN1CCC(C)(c2cccc(O)c2)C(C)C1.Cl. The summed E-state index contributed by atoms with van der Waals surface area (Å²) >= 11 is 0. The van der Waals surface area contributed by atoms with E-state index in [-0.39, 0.29) is 29.7 Å². The van der Waals surface area contributed by atoms with Crippen LogP contribution in [0, 0.1) is 11.8 Å². The van der Waals surface area contributed by atoms with Gasteiger partial charge in [-0.15, -0.1) is 12.4 Å². The highest BCUT2D eigenvalue weighted by atomic mass is 35.5. The van der Waals surface area contributed by atoms with Gasteiger partial charge in [-0.2, -0.15) is 0 Å². The summed E-state index contributed by atoms with van der Waals surface area (Å²) in [5, 5.41) is 9.88. The Morgan fingerprint density at radius 1 is 1.24 bits per heavy atom. The van der Waals surface area contributed by atoms with Crippen molar-refractivity contribution in [3.63, 3.8) is 0 Å². The Morgan fingerprint density at radius 2 is 1.97 bits per heavy atom. The molecule has 3 atom stereocenters. The van der Waals surface area contributed by atoms with Crippen LogP contribution in [0.25, 0.3) is 0 Å². The van der Waals surface area contributed by atoms with Crippen LogP contribution < -0.4 is 0 Å². The average Bonchev–Trinajstić information content (AvgIpc) is 2.70. The molecule has 158 valence electrons. The van der Waals surface area contributed by atoms with Crippen LogP contribution in [0.15, 0.2) is 54.6 Å². The molecule has 1 heterocycles. The zero-order valence-electron chi connectivity index (χ0n) is 17.5. The summed E-state index contributed by atoms with van der Waals surface area (Å²) in [5.74, 6) is 0.433. The first-order valence-corrected chi connectivity index (χ1v) is 10.1. The fourth-order valence-electron chi connectivity index (χ4n) is 4.37. The number of hydrogen-bond acceptors (Lipinski definition) is 4. The number of benzene rings is 2. The van der Waals surface area contributed by atoms with E-state index in [1.807, 2.05) is 30.3 Å². The highest BCUT2D eigenvalue weighted by Crippen LogP contribution is 2.40. The van der Waals surface area contributed by atoms with Crippen LogP contribution >= 0.6 is 12.4 Å². The Labute approximate surface area is 180 Å². The van der Waals surface area contributed by atoms with Gasteiger partial charge in [-0.05, 0) is 54.0 Å². The number of aromatic hydroxyl groups is 1. The number of halogens is 1. The quantitative estimate of drug-likeness (QED) is 0.705. The van der Waals surface area contributed by atoms with Gasteiger partial charge in [0.05, 0.1) is 13.0 Å². The standard InChI is InChI=1S/C24H31NO3.ClH/c1-18-16-25(13-12-24(18,2)21-10-7-11-22(26)15-21)17-20(23(27)28-3)14-19-8-5-4-6-9-19;/h4-11,15,18,20,26H,12-14,16-17H2,1-3H3;1H. The van der Waals surface area contributed by atoms with Crippen molar-refractivity contribution >= 4 is 18.4 Å². The van der Waals surface area contributed by atoms with Gasteiger partial charge in [0.2, 0.25) is 0 Å². The number of rotatable bonds is 6. The van der Waals surface area contributed by atoms with Gasteiger partial charge in [0.15, 0.2) is 0 Å². The number of carbonyl (C=O) groups is 1. The predicted octanol–water partition coefficient (Wildman–Crippen LogP) is 4.45. The van der Waals surface area contributed by atoms with Gasteiger partial charge >= 0.3 is 5.97 Å². The molecule has 0 saturated carbocycles. The Hall–Kier alpha value is -2.04. The summed E-state index contributed by atoms with van der Waals surface area (Å²) in [6, 6.07) is 17.8. The molecule has 4 nitrogen and oxygen atoms in total. The second-order valence-corrected chi connectivity index (χ2v) is 8.29. The van der Waals surface area contributed by atoms with E-state index < -0.39 is 0 Å². The molecule has 0 spiro atoms. The van der Waals surface area contributed by atoms with Crippen molar-refractivity contribution in [1.29, 1.82) is 0 Å². The molecule has 1 aliphatic rings. The molecule has 1 N–H and O–H groups in total. The highest BCUT2D eigenvalue weighted by Gasteiger charge is 2.39. The first-order valence-electron chi connectivity index (χ1n) is 10.1. The van der Waals surface area contributed by atoms with Gasteiger partial charge in [0.1, 0.15) is 5.75 Å². The number of phenolic OH excluding ortho intramolecular Hbond substituents is 1. The molecule has 2 aromatic carbocycles. The first-order chi connectivity index (χ1) is 13.4. The summed E-state index contributed by atoms with van der Waals surface area (Å²) in [7, 11) is 1.47. The summed E-state index contributed by atoms with van der Waals surface area (Å²) in [5.41, 5.74) is 2.37. The molecular formula is C24H32ClNO3. The Balaban J connectivity index is 0.00000300. The Bertz CT molecular complexity index is 798. The maximum Gasteiger partial charge on any atom is 0.310 e. The molecule has 1 saturated heterocycles. The van der Waals surface area contributed by atoms with Gasteiger partial charge in [-0.1, -0.05) is 56.3 Å². The van der Waals surface area contributed by atoms with Crippen molar-refractivity contribution in [3.8, 4) is 5.75 Å². The van der Waals surface area contributed by atoms with Crippen molar-refractivity contribution < 1.29 is 14.6 Å². The number of likely N-dealkylation sites (tertiary alicyclic amines) is 1. The number of hydrogen-bond donors (Lipinski definition) is 1. The smallest absolute Gasteiger partial charge is 0.310 e. The van der Waals surface area contributed by atoms with Crippen LogP contribution in [0.5, 0.6) is 5.75 Å². The third kappa shape index (κ3) is 5.52. The second-order valence-electron chi connectivity index (χ2n) is 8.29. The lowest BCUT2D eigenvalue weighted by molar-refractivity contribution is -0.146. The molecule has 2 aromatic rings. The van der Waals surface area contributed by atoms with E-state index in [1.165, 1.54) is 12.7 Å². The molecule has 1 aliphatic heterocycles.